The summed E-state index contributed by atoms with van der Waals surface area (Å²) in [6, 6.07) is 0. The molecule has 0 aliphatic heterocycles. The van der Waals surface area contributed by atoms with E-state index in [1.54, 1.807) is 0 Å². The third-order valence-electron chi connectivity index (χ3n) is 0. The Morgan fingerprint density at radius 3 is 0.217 bits per heavy atom. The summed E-state index contributed by atoms with van der Waals surface area (Å²) in [7, 11) is 0. The summed E-state index contributed by atoms with van der Waals surface area (Å²) in [5, 5.41) is 0. The Balaban J connectivity index is 0. The van der Waals surface area contributed by atoms with E-state index in [9.17, 15) is 0 Å². The van der Waals surface area contributed by atoms with Crippen LogP contribution in [0.25, 0.3) is 0 Å². The van der Waals surface area contributed by atoms with E-state index in [0.29, 0.717) is 0 Å². The molecule has 24 N–H and O–H groups in total. The van der Waals surface area contributed by atoms with Crippen LogP contribution in [-0.4, -0.2) is 269 Å². The van der Waals surface area contributed by atoms with Crippen molar-refractivity contribution in [3.63, 3.8) is 0 Å². The van der Waals surface area contributed by atoms with Crippen LogP contribution in [0, 0.1) is 0 Å². The van der Waals surface area contributed by atoms with Gasteiger partial charge in [0.15, 0.2) is 0 Å². The standard InChI is InChI=1S/3Al.ClH.4Na.12H2O.3Si/h;;;1H;;;;;12*1H2;;;. The van der Waals surface area contributed by atoms with E-state index in [1.807, 2.05) is 0 Å². The molecule has 129 valence electrons. The zero-order valence-corrected chi connectivity index (χ0v) is 28.9. The van der Waals surface area contributed by atoms with Crippen molar-refractivity contribution < 1.29 is 65.7 Å². The number of hydrogen-bond acceptors (Lipinski definition) is 0. The van der Waals surface area contributed by atoms with E-state index in [0.717, 1.165) is 0 Å². The molecular weight excluding hydrogens is 485 g/mol. The van der Waals surface area contributed by atoms with E-state index in [1.165, 1.54) is 0 Å². The quantitative estimate of drug-likeness (QED) is 0.274. The van der Waals surface area contributed by atoms with Gasteiger partial charge in [-0.25, -0.2) is 0 Å². The van der Waals surface area contributed by atoms with Crippen LogP contribution in [0.5, 0.6) is 0 Å². The zero-order chi connectivity index (χ0) is 0. The molecule has 0 amide bonds. The fourth-order valence-electron chi connectivity index (χ4n) is 0. The van der Waals surface area contributed by atoms with Gasteiger partial charge in [0.2, 0.25) is 0 Å². The molecule has 0 bridgehead atoms. The SMILES string of the molecule is Cl.O.O.O.O.O.O.O.O.O.O.O.O.[Al].[Al].[Al].[Na].[Na].[Na].[Na].[Si].[Si].[Si]. The third kappa shape index (κ3) is 519. The van der Waals surface area contributed by atoms with Crippen LogP contribution in [-0.2, 0) is 0 Å². The Hall–Kier alpha value is 6.06. The van der Waals surface area contributed by atoms with Crippen molar-refractivity contribution in [2.75, 3.05) is 0 Å². The molecule has 0 unspecified atom stereocenters. The molecule has 0 atom stereocenters. The fraction of sp³-hybridized carbons (Fsp3) is 0. The fourth-order valence-corrected chi connectivity index (χ4v) is 0. The Bertz CT molecular complexity index is 43.5. The molecule has 0 aromatic carbocycles. The minimum atomic E-state index is 0. The average molecular weight is 510 g/mol. The third-order valence-corrected chi connectivity index (χ3v) is 0. The summed E-state index contributed by atoms with van der Waals surface area (Å²) in [5.41, 5.74) is 0. The monoisotopic (exact) mass is 509 g/mol. The zero-order valence-electron chi connectivity index (χ0n) is 13.6. The summed E-state index contributed by atoms with van der Waals surface area (Å²) in [6.07, 6.45) is 0. The summed E-state index contributed by atoms with van der Waals surface area (Å²) >= 11 is 0. The topological polar surface area (TPSA) is 378 Å². The van der Waals surface area contributed by atoms with Gasteiger partial charge in [0.1, 0.15) is 0 Å². The first-order valence-electron chi connectivity index (χ1n) is 0. The Morgan fingerprint density at radius 2 is 0.217 bits per heavy atom. The summed E-state index contributed by atoms with van der Waals surface area (Å²) < 4.78 is 0. The summed E-state index contributed by atoms with van der Waals surface area (Å²) in [5.74, 6) is 0. The van der Waals surface area contributed by atoms with Crippen LogP contribution < -0.4 is 0 Å². The molecular formula is H25Al3ClNa4O12Si3. The second kappa shape index (κ2) is 560. The predicted octanol–water partition coefficient (Wildman–Crippen LogP) is -13.3. The molecule has 0 saturated carbocycles. The predicted molar refractivity (Wildman–Crippen MR) is 108 cm³/mol. The molecule has 0 fully saturated rings. The van der Waals surface area contributed by atoms with Crippen LogP contribution in [0.3, 0.4) is 0 Å². The van der Waals surface area contributed by atoms with Gasteiger partial charge in [-0.2, -0.15) is 0 Å². The van der Waals surface area contributed by atoms with E-state index >= 15 is 0 Å². The van der Waals surface area contributed by atoms with Gasteiger partial charge in [-0.1, -0.05) is 0 Å². The van der Waals surface area contributed by atoms with Crippen LogP contribution >= 0.6 is 12.4 Å². The maximum absolute atomic E-state index is 0. The van der Waals surface area contributed by atoms with E-state index in [2.05, 4.69) is 0 Å². The minimum Gasteiger partial charge on any atom is -0.412 e. The van der Waals surface area contributed by atoms with Crippen molar-refractivity contribution in [2.45, 2.75) is 0 Å². The maximum atomic E-state index is 0. The second-order valence-electron chi connectivity index (χ2n) is 0. The number of hydrogen-bond donors (Lipinski definition) is 0. The van der Waals surface area contributed by atoms with Gasteiger partial charge >= 0.3 is 0 Å². The molecule has 12 nitrogen and oxygen atoms in total. The van der Waals surface area contributed by atoms with Gasteiger partial charge in [0, 0.05) is 203 Å². The summed E-state index contributed by atoms with van der Waals surface area (Å²) in [6.45, 7) is 0. The Morgan fingerprint density at radius 1 is 0.217 bits per heavy atom. The van der Waals surface area contributed by atoms with Gasteiger partial charge in [0.05, 0.1) is 0 Å². The van der Waals surface area contributed by atoms with Crippen molar-refractivity contribution in [3.8, 4) is 0 Å². The second-order valence-corrected chi connectivity index (χ2v) is 0. The van der Waals surface area contributed by atoms with Crippen LogP contribution in [0.2, 0.25) is 0 Å². The van der Waals surface area contributed by atoms with Crippen molar-refractivity contribution >= 4 is 216 Å². The minimum absolute atomic E-state index is 0. The number of halogens is 1. The number of rotatable bonds is 0. The van der Waals surface area contributed by atoms with Gasteiger partial charge in [-0.05, 0) is 0 Å². The van der Waals surface area contributed by atoms with E-state index < -0.39 is 0 Å². The first kappa shape index (κ1) is 623. The van der Waals surface area contributed by atoms with E-state index in [-0.39, 0.29) is 281 Å². The maximum Gasteiger partial charge on any atom is 0 e. The van der Waals surface area contributed by atoms with Crippen molar-refractivity contribution in [3.05, 3.63) is 0 Å². The molecule has 0 rings (SSSR count). The summed E-state index contributed by atoms with van der Waals surface area (Å²) in [4.78, 5) is 0. The average Bonchev–Trinajstić information content (AvgIpc) is 0. The largest absolute Gasteiger partial charge is 0.412 e. The Kier molecular flexibility index (Phi) is 15200. The van der Waals surface area contributed by atoms with Gasteiger partial charge in [0.25, 0.3) is 0 Å². The molecule has 0 aromatic heterocycles. The smallest absolute Gasteiger partial charge is 0 e. The van der Waals surface area contributed by atoms with Crippen LogP contribution in [0.4, 0.5) is 0 Å². The van der Waals surface area contributed by atoms with Crippen molar-refractivity contribution in [2.24, 2.45) is 0 Å². The van der Waals surface area contributed by atoms with Crippen LogP contribution in [0.1, 0.15) is 0 Å². The normalized spacial score (nSPS) is 0. The van der Waals surface area contributed by atoms with Gasteiger partial charge in [-0.3, -0.25) is 0 Å². The first-order chi connectivity index (χ1) is 0. The molecule has 0 aliphatic carbocycles. The molecule has 23 heteroatoms. The van der Waals surface area contributed by atoms with Crippen molar-refractivity contribution in [1.82, 2.24) is 0 Å². The Labute approximate surface area is 276 Å². The molecule has 0 aromatic rings. The van der Waals surface area contributed by atoms with Crippen LogP contribution in [0.15, 0.2) is 0 Å². The first-order valence-corrected chi connectivity index (χ1v) is 0. The molecule has 23 heavy (non-hydrogen) atoms. The van der Waals surface area contributed by atoms with Crippen molar-refractivity contribution in [1.29, 1.82) is 0 Å². The van der Waals surface area contributed by atoms with Gasteiger partial charge < -0.3 is 65.7 Å². The molecule has 0 aliphatic rings. The molecule has 0 spiro atoms. The molecule has 0 heterocycles. The van der Waals surface area contributed by atoms with E-state index in [4.69, 9.17) is 0 Å². The molecule has 25 radical (unpaired) electrons. The molecule has 0 saturated heterocycles. The van der Waals surface area contributed by atoms with Gasteiger partial charge in [-0.15, -0.1) is 12.4 Å².